The largest absolute Gasteiger partial charge is 0.383 e. The number of aromatic nitrogens is 2. The van der Waals surface area contributed by atoms with Gasteiger partial charge in [-0.15, -0.1) is 0 Å². The van der Waals surface area contributed by atoms with Crippen LogP contribution >= 0.6 is 0 Å². The lowest BCUT2D eigenvalue weighted by atomic mass is 10.0. The van der Waals surface area contributed by atoms with E-state index in [-0.39, 0.29) is 14.5 Å². The molecule has 4 rings (SSSR count). The number of rotatable bonds is 3. The van der Waals surface area contributed by atoms with Crippen LogP contribution in [-0.4, -0.2) is 41.9 Å². The van der Waals surface area contributed by atoms with E-state index in [2.05, 4.69) is 21.3 Å². The minimum absolute atomic E-state index is 0. The minimum atomic E-state index is -0.199. The lowest BCUT2D eigenvalue weighted by molar-refractivity contribution is 0.103. The van der Waals surface area contributed by atoms with Crippen molar-refractivity contribution in [3.8, 4) is 0 Å². The van der Waals surface area contributed by atoms with Crippen LogP contribution in [0.2, 0.25) is 0 Å². The Labute approximate surface area is 155 Å². The summed E-state index contributed by atoms with van der Waals surface area (Å²) in [4.78, 5) is 24.0. The average Bonchev–Trinajstić information content (AvgIpc) is 2.96. The molecule has 0 unspecified atom stereocenters. The van der Waals surface area contributed by atoms with Crippen molar-refractivity contribution in [3.63, 3.8) is 0 Å². The summed E-state index contributed by atoms with van der Waals surface area (Å²) in [5.41, 5.74) is 6.68. The first-order valence-electron chi connectivity index (χ1n) is 8.85. The van der Waals surface area contributed by atoms with Crippen LogP contribution in [0.25, 0.3) is 10.8 Å². The predicted octanol–water partition coefficient (Wildman–Crippen LogP) is 2.73. The highest BCUT2D eigenvalue weighted by Gasteiger charge is 2.20. The number of carbonyl (C=O) groups excluding carboxylic acids is 1. The number of benzene rings is 1. The average molecular weight is 351 g/mol. The first-order valence-corrected chi connectivity index (χ1v) is 8.85. The fraction of sp³-hybridized carbons (Fsp3) is 0.250. The van der Waals surface area contributed by atoms with Crippen LogP contribution in [0.3, 0.4) is 0 Å². The monoisotopic (exact) mass is 351 g/mol. The topological polar surface area (TPSA) is 84.1 Å². The number of nitrogens with two attached hydrogens (primary N) is 1. The molecule has 0 bridgehead atoms. The molecule has 1 fully saturated rings. The third-order valence-electron chi connectivity index (χ3n) is 4.68. The molecule has 1 aromatic carbocycles. The molecular weight excluding hydrogens is 326 g/mol. The number of carbonyl (C=O) groups is 1. The van der Waals surface area contributed by atoms with Crippen LogP contribution < -0.4 is 16.0 Å². The summed E-state index contributed by atoms with van der Waals surface area (Å²) in [6.07, 6.45) is 2.62. The Hall–Kier alpha value is -2.99. The number of nitrogens with zero attached hydrogens (tertiary/aromatic N) is 3. The first-order chi connectivity index (χ1) is 12.7. The van der Waals surface area contributed by atoms with Crippen molar-refractivity contribution in [3.05, 3.63) is 59.9 Å². The van der Waals surface area contributed by atoms with Crippen molar-refractivity contribution in [2.45, 2.75) is 6.42 Å². The van der Waals surface area contributed by atoms with Crippen LogP contribution in [-0.2, 0) is 0 Å². The molecule has 0 atom stereocenters. The maximum Gasteiger partial charge on any atom is 0.215 e. The van der Waals surface area contributed by atoms with Crippen molar-refractivity contribution >= 4 is 28.2 Å². The molecule has 3 heterocycles. The Balaban J connectivity index is 0.00000140. The molecule has 1 aliphatic rings. The van der Waals surface area contributed by atoms with Crippen LogP contribution in [0.1, 0.15) is 25.3 Å². The number of pyridine rings is 2. The molecule has 1 saturated heterocycles. The Morgan fingerprint density at radius 2 is 2.04 bits per heavy atom. The Kier molecular flexibility index (Phi) is 4.50. The highest BCUT2D eigenvalue weighted by atomic mass is 16.1. The summed E-state index contributed by atoms with van der Waals surface area (Å²) in [5.74, 6) is 0.890. The zero-order chi connectivity index (χ0) is 17.9. The smallest absolute Gasteiger partial charge is 0.215 e. The summed E-state index contributed by atoms with van der Waals surface area (Å²) in [6.45, 7) is 3.68. The maximum absolute atomic E-state index is 13.0. The summed E-state index contributed by atoms with van der Waals surface area (Å²) >= 11 is 0. The molecular formula is C20H25N5O. The highest BCUT2D eigenvalue weighted by molar-refractivity contribution is 6.12. The van der Waals surface area contributed by atoms with Gasteiger partial charge in [0, 0.05) is 34.1 Å². The minimum Gasteiger partial charge on any atom is -0.383 e. The number of nitrogen functional groups attached to an aromatic ring is 1. The number of hydrogen-bond acceptors (Lipinski definition) is 6. The second-order valence-corrected chi connectivity index (χ2v) is 6.41. The molecule has 0 aliphatic carbocycles. The first kappa shape index (κ1) is 16.5. The highest BCUT2D eigenvalue weighted by Crippen LogP contribution is 2.27. The molecule has 2 aromatic heterocycles. The Morgan fingerprint density at radius 3 is 2.92 bits per heavy atom. The van der Waals surface area contributed by atoms with Gasteiger partial charge in [-0.3, -0.25) is 4.79 Å². The SMILES string of the molecule is Nc1ncccc1C(=O)c1cc2ccccc2c(N2CCCNCC2)n1.[HH].[HH]. The van der Waals surface area contributed by atoms with Gasteiger partial charge in [0.05, 0.1) is 5.56 Å². The van der Waals surface area contributed by atoms with Crippen LogP contribution in [0.4, 0.5) is 11.6 Å². The Bertz CT molecular complexity index is 958. The van der Waals surface area contributed by atoms with E-state index >= 15 is 0 Å². The molecule has 0 amide bonds. The zero-order valence-electron chi connectivity index (χ0n) is 14.5. The molecule has 136 valence electrons. The summed E-state index contributed by atoms with van der Waals surface area (Å²) in [7, 11) is 0. The molecule has 0 radical (unpaired) electrons. The molecule has 0 spiro atoms. The maximum atomic E-state index is 13.0. The van der Waals surface area contributed by atoms with Crippen molar-refractivity contribution in [2.75, 3.05) is 36.8 Å². The van der Waals surface area contributed by atoms with E-state index in [9.17, 15) is 4.79 Å². The molecule has 26 heavy (non-hydrogen) atoms. The van der Waals surface area contributed by atoms with Crippen molar-refractivity contribution in [2.24, 2.45) is 0 Å². The van der Waals surface area contributed by atoms with Gasteiger partial charge in [-0.05, 0) is 36.6 Å². The molecule has 1 aliphatic heterocycles. The quantitative estimate of drug-likeness (QED) is 0.706. The number of anilines is 2. The standard InChI is InChI=1S/C20H21N5O.2H2/c21-19-16(7-3-9-23-19)18(26)17-13-14-5-1-2-6-15(14)20(24-17)25-11-4-8-22-10-12-25;;/h1-3,5-7,9,13,22H,4,8,10-12H2,(H2,21,23);2*1H. The van der Waals surface area contributed by atoms with Gasteiger partial charge in [-0.25, -0.2) is 9.97 Å². The van der Waals surface area contributed by atoms with E-state index < -0.39 is 0 Å². The van der Waals surface area contributed by atoms with E-state index in [4.69, 9.17) is 10.7 Å². The van der Waals surface area contributed by atoms with Crippen LogP contribution in [0.15, 0.2) is 48.7 Å². The van der Waals surface area contributed by atoms with Gasteiger partial charge < -0.3 is 16.0 Å². The fourth-order valence-electron chi connectivity index (χ4n) is 3.34. The van der Waals surface area contributed by atoms with Crippen molar-refractivity contribution in [1.29, 1.82) is 0 Å². The predicted molar refractivity (Wildman–Crippen MR) is 108 cm³/mol. The third-order valence-corrected chi connectivity index (χ3v) is 4.68. The zero-order valence-corrected chi connectivity index (χ0v) is 14.5. The molecule has 6 heteroatoms. The second-order valence-electron chi connectivity index (χ2n) is 6.41. The van der Waals surface area contributed by atoms with E-state index in [1.165, 1.54) is 0 Å². The molecule has 3 N–H and O–H groups in total. The van der Waals surface area contributed by atoms with Gasteiger partial charge in [0.1, 0.15) is 17.3 Å². The normalized spacial score (nSPS) is 15.0. The van der Waals surface area contributed by atoms with E-state index in [0.717, 1.165) is 49.2 Å². The Morgan fingerprint density at radius 1 is 1.15 bits per heavy atom. The molecule has 0 saturated carbocycles. The number of hydrogen-bond donors (Lipinski definition) is 2. The van der Waals surface area contributed by atoms with Crippen LogP contribution in [0.5, 0.6) is 0 Å². The number of fused-ring (bicyclic) bond motifs is 1. The molecule has 6 nitrogen and oxygen atoms in total. The van der Waals surface area contributed by atoms with Gasteiger partial charge >= 0.3 is 0 Å². The summed E-state index contributed by atoms with van der Waals surface area (Å²) in [5, 5.41) is 5.47. The lowest BCUT2D eigenvalue weighted by Crippen LogP contribution is -2.29. The van der Waals surface area contributed by atoms with E-state index in [0.29, 0.717) is 11.3 Å². The number of ketones is 1. The summed E-state index contributed by atoms with van der Waals surface area (Å²) < 4.78 is 0. The molecule has 3 aromatic rings. The fourth-order valence-corrected chi connectivity index (χ4v) is 3.34. The van der Waals surface area contributed by atoms with E-state index in [1.54, 1.807) is 18.3 Å². The van der Waals surface area contributed by atoms with Gasteiger partial charge in [0.2, 0.25) is 5.78 Å². The third kappa shape index (κ3) is 3.11. The van der Waals surface area contributed by atoms with Gasteiger partial charge in [-0.1, -0.05) is 24.3 Å². The van der Waals surface area contributed by atoms with Crippen molar-refractivity contribution < 1.29 is 7.65 Å². The van der Waals surface area contributed by atoms with Crippen LogP contribution in [0, 0.1) is 0 Å². The van der Waals surface area contributed by atoms with Gasteiger partial charge in [0.25, 0.3) is 0 Å². The van der Waals surface area contributed by atoms with E-state index in [1.807, 2.05) is 24.3 Å². The summed E-state index contributed by atoms with van der Waals surface area (Å²) in [6, 6.07) is 13.3. The van der Waals surface area contributed by atoms with Crippen molar-refractivity contribution in [1.82, 2.24) is 15.3 Å². The lowest BCUT2D eigenvalue weighted by Gasteiger charge is -2.23. The van der Waals surface area contributed by atoms with Gasteiger partial charge in [-0.2, -0.15) is 0 Å². The second kappa shape index (κ2) is 7.09. The number of nitrogens with one attached hydrogen (secondary N) is 1. The van der Waals surface area contributed by atoms with Gasteiger partial charge in [0.15, 0.2) is 0 Å².